The van der Waals surface area contributed by atoms with Crippen LogP contribution in [-0.4, -0.2) is 17.6 Å². The molecule has 0 saturated carbocycles. The second kappa shape index (κ2) is 4.50. The van der Waals surface area contributed by atoms with Crippen molar-refractivity contribution in [1.29, 1.82) is 0 Å². The molecular weight excluding hydrogens is 182 g/mol. The second-order valence-corrected chi connectivity index (χ2v) is 3.08. The fourth-order valence-corrected chi connectivity index (χ4v) is 0.876. The van der Waals surface area contributed by atoms with Gasteiger partial charge in [0, 0.05) is 0 Å². The molecule has 1 rings (SSSR count). The molecule has 0 aromatic heterocycles. The van der Waals surface area contributed by atoms with Crippen LogP contribution < -0.4 is 10.5 Å². The molecule has 1 unspecified atom stereocenters. The standard InChI is InChI=1S/C10H13NO3/c1-7(10(11)13)6-14-9-5-3-2-4-8(9)12/h2-5,7,12H,6H2,1H3,(H2,11,13). The molecule has 0 spiro atoms. The van der Waals surface area contributed by atoms with Crippen molar-refractivity contribution in [3.63, 3.8) is 0 Å². The number of ether oxygens (including phenoxy) is 1. The van der Waals surface area contributed by atoms with Gasteiger partial charge in [0.05, 0.1) is 12.5 Å². The van der Waals surface area contributed by atoms with Gasteiger partial charge in [-0.05, 0) is 12.1 Å². The molecule has 0 aliphatic carbocycles. The monoisotopic (exact) mass is 195 g/mol. The zero-order valence-corrected chi connectivity index (χ0v) is 7.93. The first-order valence-electron chi connectivity index (χ1n) is 4.31. The molecule has 76 valence electrons. The summed E-state index contributed by atoms with van der Waals surface area (Å²) in [5.41, 5.74) is 5.06. The molecule has 1 aromatic carbocycles. The van der Waals surface area contributed by atoms with Crippen LogP contribution in [0.25, 0.3) is 0 Å². The average Bonchev–Trinajstić information content (AvgIpc) is 2.16. The van der Waals surface area contributed by atoms with Crippen LogP contribution in [0, 0.1) is 5.92 Å². The molecule has 0 aliphatic rings. The highest BCUT2D eigenvalue weighted by Crippen LogP contribution is 2.24. The van der Waals surface area contributed by atoms with Crippen LogP contribution in [0.2, 0.25) is 0 Å². The van der Waals surface area contributed by atoms with Gasteiger partial charge in [0.1, 0.15) is 0 Å². The normalized spacial score (nSPS) is 12.1. The Kier molecular flexibility index (Phi) is 3.34. The highest BCUT2D eigenvalue weighted by Gasteiger charge is 2.10. The third-order valence-electron chi connectivity index (χ3n) is 1.84. The minimum atomic E-state index is -0.416. The van der Waals surface area contributed by atoms with E-state index >= 15 is 0 Å². The van der Waals surface area contributed by atoms with Crippen LogP contribution in [0.1, 0.15) is 6.92 Å². The zero-order chi connectivity index (χ0) is 10.6. The minimum absolute atomic E-state index is 0.0594. The summed E-state index contributed by atoms with van der Waals surface area (Å²) in [6.45, 7) is 1.84. The SMILES string of the molecule is CC(COc1ccccc1O)C(N)=O. The van der Waals surface area contributed by atoms with Crippen LogP contribution in [-0.2, 0) is 4.79 Å². The van der Waals surface area contributed by atoms with E-state index in [4.69, 9.17) is 10.5 Å². The Labute approximate surface area is 82.3 Å². The summed E-state index contributed by atoms with van der Waals surface area (Å²) >= 11 is 0. The van der Waals surface area contributed by atoms with Gasteiger partial charge in [-0.2, -0.15) is 0 Å². The Morgan fingerprint density at radius 1 is 1.57 bits per heavy atom. The summed E-state index contributed by atoms with van der Waals surface area (Å²) in [6.07, 6.45) is 0. The molecular formula is C10H13NO3. The molecule has 14 heavy (non-hydrogen) atoms. The molecule has 4 nitrogen and oxygen atoms in total. The lowest BCUT2D eigenvalue weighted by Crippen LogP contribution is -2.25. The number of phenolic OH excluding ortho intramolecular Hbond substituents is 1. The topological polar surface area (TPSA) is 72.6 Å². The highest BCUT2D eigenvalue weighted by molar-refractivity contribution is 5.76. The van der Waals surface area contributed by atoms with Crippen molar-refractivity contribution < 1.29 is 14.6 Å². The van der Waals surface area contributed by atoms with Crippen LogP contribution in [0.15, 0.2) is 24.3 Å². The van der Waals surface area contributed by atoms with Gasteiger partial charge in [-0.1, -0.05) is 19.1 Å². The summed E-state index contributed by atoms with van der Waals surface area (Å²) in [5.74, 6) is -0.361. The molecule has 1 aromatic rings. The van der Waals surface area contributed by atoms with Gasteiger partial charge in [0.2, 0.25) is 5.91 Å². The van der Waals surface area contributed by atoms with Crippen molar-refractivity contribution in [3.05, 3.63) is 24.3 Å². The number of rotatable bonds is 4. The number of phenols is 1. The highest BCUT2D eigenvalue weighted by atomic mass is 16.5. The van der Waals surface area contributed by atoms with Crippen LogP contribution in [0.4, 0.5) is 0 Å². The lowest BCUT2D eigenvalue weighted by Gasteiger charge is -2.10. The van der Waals surface area contributed by atoms with E-state index in [0.29, 0.717) is 5.75 Å². The number of aromatic hydroxyl groups is 1. The van der Waals surface area contributed by atoms with Gasteiger partial charge < -0.3 is 15.6 Å². The van der Waals surface area contributed by atoms with Gasteiger partial charge in [0.15, 0.2) is 11.5 Å². The van der Waals surface area contributed by atoms with Gasteiger partial charge in [-0.25, -0.2) is 0 Å². The number of carbonyl (C=O) groups is 1. The van der Waals surface area contributed by atoms with Crippen molar-refractivity contribution in [1.82, 2.24) is 0 Å². The van der Waals surface area contributed by atoms with Crippen LogP contribution in [0.5, 0.6) is 11.5 Å². The molecule has 0 bridgehead atoms. The van der Waals surface area contributed by atoms with Gasteiger partial charge in [-0.3, -0.25) is 4.79 Å². The number of para-hydroxylation sites is 2. The average molecular weight is 195 g/mol. The van der Waals surface area contributed by atoms with E-state index in [1.807, 2.05) is 0 Å². The van der Waals surface area contributed by atoms with E-state index in [0.717, 1.165) is 0 Å². The van der Waals surface area contributed by atoms with E-state index in [1.54, 1.807) is 25.1 Å². The Bertz CT molecular complexity index is 325. The Balaban J connectivity index is 2.54. The van der Waals surface area contributed by atoms with Crippen molar-refractivity contribution >= 4 is 5.91 Å². The number of hydrogen-bond donors (Lipinski definition) is 2. The minimum Gasteiger partial charge on any atom is -0.504 e. The predicted molar refractivity (Wildman–Crippen MR) is 52.0 cm³/mol. The van der Waals surface area contributed by atoms with Gasteiger partial charge >= 0.3 is 0 Å². The number of hydrogen-bond acceptors (Lipinski definition) is 3. The summed E-state index contributed by atoms with van der Waals surface area (Å²) in [5, 5.41) is 9.32. The number of primary amides is 1. The number of benzene rings is 1. The van der Waals surface area contributed by atoms with Gasteiger partial charge in [0.25, 0.3) is 0 Å². The predicted octanol–water partition coefficient (Wildman–Crippen LogP) is 0.892. The van der Waals surface area contributed by atoms with E-state index < -0.39 is 5.91 Å². The molecule has 0 fully saturated rings. The fourth-order valence-electron chi connectivity index (χ4n) is 0.876. The maximum atomic E-state index is 10.7. The summed E-state index contributed by atoms with van der Waals surface area (Å²) in [4.78, 5) is 10.7. The molecule has 1 amide bonds. The largest absolute Gasteiger partial charge is 0.504 e. The summed E-state index contributed by atoms with van der Waals surface area (Å²) in [7, 11) is 0. The fraction of sp³-hybridized carbons (Fsp3) is 0.300. The van der Waals surface area contributed by atoms with Crippen LogP contribution in [0.3, 0.4) is 0 Å². The molecule has 3 N–H and O–H groups in total. The summed E-state index contributed by atoms with van der Waals surface area (Å²) < 4.78 is 5.21. The number of nitrogens with two attached hydrogens (primary N) is 1. The van der Waals surface area contributed by atoms with E-state index in [1.165, 1.54) is 6.07 Å². The van der Waals surface area contributed by atoms with E-state index in [-0.39, 0.29) is 18.3 Å². The zero-order valence-electron chi connectivity index (χ0n) is 7.93. The molecule has 0 heterocycles. The summed E-state index contributed by atoms with van der Waals surface area (Å²) in [6, 6.07) is 6.58. The smallest absolute Gasteiger partial charge is 0.223 e. The number of carbonyl (C=O) groups excluding carboxylic acids is 1. The van der Waals surface area contributed by atoms with Gasteiger partial charge in [-0.15, -0.1) is 0 Å². The Morgan fingerprint density at radius 3 is 2.79 bits per heavy atom. The first kappa shape index (κ1) is 10.4. The van der Waals surface area contributed by atoms with E-state index in [2.05, 4.69) is 0 Å². The Morgan fingerprint density at radius 2 is 2.21 bits per heavy atom. The molecule has 0 aliphatic heterocycles. The lowest BCUT2D eigenvalue weighted by atomic mass is 10.2. The van der Waals surface area contributed by atoms with Crippen molar-refractivity contribution in [2.45, 2.75) is 6.92 Å². The third-order valence-corrected chi connectivity index (χ3v) is 1.84. The Hall–Kier alpha value is -1.71. The number of amides is 1. The quantitative estimate of drug-likeness (QED) is 0.749. The molecule has 0 radical (unpaired) electrons. The maximum absolute atomic E-state index is 10.7. The van der Waals surface area contributed by atoms with Crippen molar-refractivity contribution in [2.24, 2.45) is 11.7 Å². The third kappa shape index (κ3) is 2.65. The second-order valence-electron chi connectivity index (χ2n) is 3.08. The molecule has 4 heteroatoms. The van der Waals surface area contributed by atoms with Crippen molar-refractivity contribution in [2.75, 3.05) is 6.61 Å². The first-order chi connectivity index (χ1) is 6.61. The lowest BCUT2D eigenvalue weighted by molar-refractivity contribution is -0.122. The molecule has 1 atom stereocenters. The first-order valence-corrected chi connectivity index (χ1v) is 4.31. The van der Waals surface area contributed by atoms with Crippen LogP contribution >= 0.6 is 0 Å². The maximum Gasteiger partial charge on any atom is 0.223 e. The molecule has 0 saturated heterocycles. The van der Waals surface area contributed by atoms with E-state index in [9.17, 15) is 9.90 Å². The van der Waals surface area contributed by atoms with Crippen molar-refractivity contribution in [3.8, 4) is 11.5 Å².